The van der Waals surface area contributed by atoms with Gasteiger partial charge in [0, 0.05) is 48.9 Å². The number of aliphatic hydroxyl groups is 1. The fourth-order valence-corrected chi connectivity index (χ4v) is 8.53. The molecule has 40 heavy (non-hydrogen) atoms. The normalized spacial score (nSPS) is 39.9. The lowest BCUT2D eigenvalue weighted by Gasteiger charge is -2.62. The predicted molar refractivity (Wildman–Crippen MR) is 143 cm³/mol. The van der Waals surface area contributed by atoms with Crippen LogP contribution in [0.2, 0.25) is 0 Å². The van der Waals surface area contributed by atoms with Crippen molar-refractivity contribution in [3.8, 4) is 0 Å². The van der Waals surface area contributed by atoms with E-state index in [2.05, 4.69) is 0 Å². The van der Waals surface area contributed by atoms with Crippen molar-refractivity contribution in [2.24, 2.45) is 28.6 Å². The summed E-state index contributed by atoms with van der Waals surface area (Å²) in [6.07, 6.45) is 3.94. The van der Waals surface area contributed by atoms with Crippen molar-refractivity contribution in [3.05, 3.63) is 63.7 Å². The van der Waals surface area contributed by atoms with E-state index < -0.39 is 62.8 Å². The highest BCUT2D eigenvalue weighted by Gasteiger charge is 2.77. The van der Waals surface area contributed by atoms with E-state index in [0.29, 0.717) is 24.8 Å². The van der Waals surface area contributed by atoms with Crippen LogP contribution >= 0.6 is 0 Å². The van der Waals surface area contributed by atoms with Gasteiger partial charge in [0.2, 0.25) is 0 Å². The van der Waals surface area contributed by atoms with E-state index in [1.54, 1.807) is 40.9 Å². The van der Waals surface area contributed by atoms with Crippen LogP contribution in [0.15, 0.2) is 48.1 Å². The summed E-state index contributed by atoms with van der Waals surface area (Å²) in [5.41, 5.74) is -5.90. The molecule has 1 aromatic rings. The molecule has 0 unspecified atom stereocenters. The van der Waals surface area contributed by atoms with Crippen LogP contribution in [-0.2, 0) is 14.3 Å². The SMILES string of the molecule is C[C@@H]1C[C@H]2[C@@H]3CCC4=CC(=O)C=C[C@]4(C)[C@@]3(F)[C@@H](O)C[C@]2(C)[C@@]1(OC(=O)c1cccc([N+](=O)[O-])c1)C(=O)N(C)C. The minimum atomic E-state index is -2.10. The Labute approximate surface area is 232 Å². The van der Waals surface area contributed by atoms with E-state index in [1.807, 2.05) is 0 Å². The summed E-state index contributed by atoms with van der Waals surface area (Å²) in [7, 11) is 3.10. The maximum absolute atomic E-state index is 17.5. The van der Waals surface area contributed by atoms with Gasteiger partial charge in [-0.3, -0.25) is 19.7 Å². The van der Waals surface area contributed by atoms with Crippen LogP contribution in [0.4, 0.5) is 10.1 Å². The second kappa shape index (κ2) is 9.06. The Bertz CT molecular complexity index is 1370. The van der Waals surface area contributed by atoms with Gasteiger partial charge in [0.05, 0.1) is 16.6 Å². The standard InChI is InChI=1S/C30H35FN2O7/c1-17-13-23-22-10-9-19-15-21(34)11-12-27(19,2)29(22,31)24(35)16-28(23,3)30(17,26(37)32(4)5)40-25(36)18-7-6-8-20(14-18)33(38)39/h6-8,11-12,14-15,17,22-24,35H,9-10,13,16H2,1-5H3/t17-,22+,23+,24+,27+,28+,29+,30+/m1/s1. The van der Waals surface area contributed by atoms with Gasteiger partial charge < -0.3 is 14.7 Å². The highest BCUT2D eigenvalue weighted by atomic mass is 19.1. The first-order valence-electron chi connectivity index (χ1n) is 13.6. The van der Waals surface area contributed by atoms with E-state index in [0.717, 1.165) is 6.07 Å². The van der Waals surface area contributed by atoms with Crippen molar-refractivity contribution in [3.63, 3.8) is 0 Å². The third-order valence-corrected chi connectivity index (χ3v) is 10.5. The number of amides is 1. The van der Waals surface area contributed by atoms with E-state index in [-0.39, 0.29) is 23.5 Å². The first kappa shape index (κ1) is 28.1. The number of non-ortho nitro benzene ring substituents is 1. The van der Waals surface area contributed by atoms with E-state index in [1.165, 1.54) is 35.3 Å². The Morgan fingerprint density at radius 2 is 1.93 bits per heavy atom. The molecule has 9 nitrogen and oxygen atoms in total. The lowest BCUT2D eigenvalue weighted by atomic mass is 9.44. The maximum atomic E-state index is 17.5. The van der Waals surface area contributed by atoms with Crippen LogP contribution in [0.1, 0.15) is 56.8 Å². The number of fused-ring (bicyclic) bond motifs is 5. The van der Waals surface area contributed by atoms with Crippen molar-refractivity contribution in [1.29, 1.82) is 0 Å². The molecule has 0 heterocycles. The van der Waals surface area contributed by atoms with Crippen LogP contribution in [-0.4, -0.2) is 64.1 Å². The number of benzene rings is 1. The lowest BCUT2D eigenvalue weighted by molar-refractivity contribution is -0.384. The van der Waals surface area contributed by atoms with Gasteiger partial charge >= 0.3 is 5.97 Å². The van der Waals surface area contributed by atoms with Crippen LogP contribution < -0.4 is 0 Å². The molecule has 8 atom stereocenters. The fraction of sp³-hybridized carbons (Fsp3) is 0.567. The first-order chi connectivity index (χ1) is 18.6. The molecule has 5 rings (SSSR count). The molecular weight excluding hydrogens is 519 g/mol. The molecule has 4 aliphatic carbocycles. The molecule has 0 bridgehead atoms. The van der Waals surface area contributed by atoms with Gasteiger partial charge in [-0.1, -0.05) is 31.6 Å². The monoisotopic (exact) mass is 554 g/mol. The zero-order valence-electron chi connectivity index (χ0n) is 23.3. The predicted octanol–water partition coefficient (Wildman–Crippen LogP) is 4.20. The number of likely N-dealkylation sites (N-methyl/N-ethyl adjacent to an activating group) is 1. The molecule has 0 radical (unpaired) electrons. The van der Waals surface area contributed by atoms with E-state index >= 15 is 4.39 Å². The number of hydrogen-bond donors (Lipinski definition) is 1. The molecule has 0 saturated heterocycles. The Morgan fingerprint density at radius 3 is 2.58 bits per heavy atom. The number of ether oxygens (including phenoxy) is 1. The van der Waals surface area contributed by atoms with Crippen molar-refractivity contribution < 1.29 is 33.5 Å². The molecule has 0 aromatic heterocycles. The number of hydrogen-bond acceptors (Lipinski definition) is 7. The number of aliphatic hydroxyl groups excluding tert-OH is 1. The number of esters is 1. The third-order valence-electron chi connectivity index (χ3n) is 10.5. The number of rotatable bonds is 4. The molecular formula is C30H35FN2O7. The van der Waals surface area contributed by atoms with Gasteiger partial charge in [-0.2, -0.15) is 0 Å². The number of carbonyl (C=O) groups excluding carboxylic acids is 3. The van der Waals surface area contributed by atoms with Crippen molar-refractivity contribution in [2.45, 2.75) is 63.8 Å². The van der Waals surface area contributed by atoms with Gasteiger partial charge in [-0.25, -0.2) is 9.18 Å². The van der Waals surface area contributed by atoms with Crippen molar-refractivity contribution >= 4 is 23.3 Å². The Hall–Kier alpha value is -3.40. The molecule has 4 aliphatic rings. The highest BCUT2D eigenvalue weighted by molar-refractivity contribution is 6.01. The number of halogens is 1. The second-order valence-corrected chi connectivity index (χ2v) is 12.5. The Balaban J connectivity index is 1.61. The number of nitrogens with zero attached hydrogens (tertiary/aromatic N) is 2. The summed E-state index contributed by atoms with van der Waals surface area (Å²) in [5.74, 6) is -3.22. The lowest BCUT2D eigenvalue weighted by Crippen LogP contribution is -2.70. The second-order valence-electron chi connectivity index (χ2n) is 12.5. The minimum absolute atomic E-state index is 0.0763. The molecule has 1 amide bonds. The van der Waals surface area contributed by atoms with Crippen molar-refractivity contribution in [1.82, 2.24) is 4.90 Å². The number of carbonyl (C=O) groups is 3. The van der Waals surface area contributed by atoms with E-state index in [9.17, 15) is 29.6 Å². The summed E-state index contributed by atoms with van der Waals surface area (Å²) in [4.78, 5) is 51.8. The van der Waals surface area contributed by atoms with Crippen LogP contribution in [0.5, 0.6) is 0 Å². The van der Waals surface area contributed by atoms with Gasteiger partial charge in [0.15, 0.2) is 17.1 Å². The zero-order chi connectivity index (χ0) is 29.4. The number of nitro groups is 1. The number of nitro benzene ring substituents is 1. The fourth-order valence-electron chi connectivity index (χ4n) is 8.53. The average Bonchev–Trinajstić information content (AvgIpc) is 3.11. The topological polar surface area (TPSA) is 127 Å². The zero-order valence-corrected chi connectivity index (χ0v) is 23.3. The Morgan fingerprint density at radius 1 is 1.23 bits per heavy atom. The largest absolute Gasteiger partial charge is 0.444 e. The van der Waals surface area contributed by atoms with Gasteiger partial charge in [-0.05, 0) is 56.7 Å². The minimum Gasteiger partial charge on any atom is -0.444 e. The smallest absolute Gasteiger partial charge is 0.339 e. The van der Waals surface area contributed by atoms with Gasteiger partial charge in [0.25, 0.3) is 11.6 Å². The summed E-state index contributed by atoms with van der Waals surface area (Å²) in [5, 5.41) is 23.0. The molecule has 0 aliphatic heterocycles. The first-order valence-corrected chi connectivity index (χ1v) is 13.6. The Kier molecular flexibility index (Phi) is 6.37. The number of ketones is 1. The molecule has 0 spiro atoms. The van der Waals surface area contributed by atoms with Crippen LogP contribution in [0.25, 0.3) is 0 Å². The summed E-state index contributed by atoms with van der Waals surface area (Å²) >= 11 is 0. The summed E-state index contributed by atoms with van der Waals surface area (Å²) in [6, 6.07) is 5.11. The van der Waals surface area contributed by atoms with Gasteiger partial charge in [-0.15, -0.1) is 0 Å². The quantitative estimate of drug-likeness (QED) is 0.336. The van der Waals surface area contributed by atoms with E-state index in [4.69, 9.17) is 4.74 Å². The van der Waals surface area contributed by atoms with Gasteiger partial charge in [0.1, 0.15) is 0 Å². The molecule has 3 fully saturated rings. The number of alkyl halides is 1. The number of allylic oxidation sites excluding steroid dienone is 4. The molecule has 1 N–H and O–H groups in total. The third kappa shape index (κ3) is 3.50. The maximum Gasteiger partial charge on any atom is 0.339 e. The summed E-state index contributed by atoms with van der Waals surface area (Å²) in [6.45, 7) is 5.31. The van der Waals surface area contributed by atoms with Crippen molar-refractivity contribution in [2.75, 3.05) is 14.1 Å². The molecule has 214 valence electrons. The summed E-state index contributed by atoms with van der Waals surface area (Å²) < 4.78 is 23.7. The average molecular weight is 555 g/mol. The van der Waals surface area contributed by atoms with Crippen LogP contribution in [0.3, 0.4) is 0 Å². The van der Waals surface area contributed by atoms with Crippen LogP contribution in [0, 0.1) is 38.7 Å². The molecule has 1 aromatic carbocycles. The molecule has 10 heteroatoms. The highest BCUT2D eigenvalue weighted by Crippen LogP contribution is 2.71. The molecule has 3 saturated carbocycles.